The van der Waals surface area contributed by atoms with Gasteiger partial charge in [-0.2, -0.15) is 10.5 Å². The van der Waals surface area contributed by atoms with Gasteiger partial charge >= 0.3 is 0 Å². The molecule has 0 spiro atoms. The van der Waals surface area contributed by atoms with Crippen molar-refractivity contribution < 1.29 is 4.74 Å². The Balaban J connectivity index is 2.76. The van der Waals surface area contributed by atoms with E-state index >= 15 is 0 Å². The van der Waals surface area contributed by atoms with Gasteiger partial charge in [-0.15, -0.1) is 0 Å². The van der Waals surface area contributed by atoms with Gasteiger partial charge in [-0.3, -0.25) is 0 Å². The minimum absolute atomic E-state index is 0.0573. The van der Waals surface area contributed by atoms with Crippen LogP contribution in [0.25, 0.3) is 0 Å². The first kappa shape index (κ1) is 14.1. The number of allylic oxidation sites excluding steroid dienone is 2. The monoisotopic (exact) mass is 351 g/mol. The van der Waals surface area contributed by atoms with Crippen molar-refractivity contribution >= 4 is 28.3 Å². The number of hydrogen-bond donors (Lipinski definition) is 1. The molecule has 0 saturated heterocycles. The average Bonchev–Trinajstić information content (AvgIpc) is 2.40. The number of anilines is 1. The van der Waals surface area contributed by atoms with E-state index < -0.39 is 0 Å². The summed E-state index contributed by atoms with van der Waals surface area (Å²) >= 11 is 2.22. The first-order valence-electron chi connectivity index (χ1n) is 4.98. The molecule has 0 amide bonds. The van der Waals surface area contributed by atoms with Gasteiger partial charge in [0.25, 0.3) is 0 Å². The van der Waals surface area contributed by atoms with Crippen LogP contribution in [0.15, 0.2) is 47.9 Å². The molecule has 0 unspecified atom stereocenters. The lowest BCUT2D eigenvalue weighted by Gasteiger charge is -2.02. The molecular formula is C13H10IN3O. The van der Waals surface area contributed by atoms with Crippen LogP contribution in [-0.2, 0) is 4.74 Å². The van der Waals surface area contributed by atoms with Crippen LogP contribution in [0.4, 0.5) is 5.69 Å². The van der Waals surface area contributed by atoms with Gasteiger partial charge in [0.2, 0.25) is 0 Å². The standard InChI is InChI=1S/C13H10IN3O/c1-18-13(10(8-15)9-16)6-7-17-12-4-2-11(14)3-5-12/h2-7,17H,1H3. The lowest BCUT2D eigenvalue weighted by Crippen LogP contribution is -1.91. The Morgan fingerprint density at radius 1 is 1.28 bits per heavy atom. The molecule has 1 aromatic carbocycles. The molecule has 4 nitrogen and oxygen atoms in total. The maximum Gasteiger partial charge on any atom is 0.171 e. The minimum atomic E-state index is -0.0573. The molecule has 5 heteroatoms. The third-order valence-electron chi connectivity index (χ3n) is 2.02. The van der Waals surface area contributed by atoms with Crippen LogP contribution >= 0.6 is 22.6 Å². The van der Waals surface area contributed by atoms with Crippen molar-refractivity contribution in [3.63, 3.8) is 0 Å². The van der Waals surface area contributed by atoms with Gasteiger partial charge in [0.15, 0.2) is 5.57 Å². The maximum atomic E-state index is 8.71. The number of benzene rings is 1. The highest BCUT2D eigenvalue weighted by Gasteiger charge is 2.01. The van der Waals surface area contributed by atoms with Gasteiger partial charge in [-0.25, -0.2) is 0 Å². The van der Waals surface area contributed by atoms with Crippen LogP contribution in [0.3, 0.4) is 0 Å². The summed E-state index contributed by atoms with van der Waals surface area (Å²) in [6, 6.07) is 11.3. The second-order valence-corrected chi connectivity index (χ2v) is 4.40. The van der Waals surface area contributed by atoms with Gasteiger partial charge in [0.1, 0.15) is 17.9 Å². The third-order valence-corrected chi connectivity index (χ3v) is 2.74. The van der Waals surface area contributed by atoms with E-state index in [2.05, 4.69) is 27.9 Å². The van der Waals surface area contributed by atoms with E-state index in [4.69, 9.17) is 15.3 Å². The van der Waals surface area contributed by atoms with E-state index in [1.165, 1.54) is 7.11 Å². The Hall–Kier alpha value is -1.99. The average molecular weight is 351 g/mol. The van der Waals surface area contributed by atoms with Crippen LogP contribution in [0.2, 0.25) is 0 Å². The summed E-state index contributed by atoms with van der Waals surface area (Å²) in [4.78, 5) is 0. The van der Waals surface area contributed by atoms with Crippen LogP contribution in [0, 0.1) is 26.2 Å². The third kappa shape index (κ3) is 4.11. The summed E-state index contributed by atoms with van der Waals surface area (Å²) in [6.45, 7) is 0. The molecule has 0 atom stereocenters. The summed E-state index contributed by atoms with van der Waals surface area (Å²) in [5.41, 5.74) is 0.857. The molecule has 0 heterocycles. The van der Waals surface area contributed by atoms with Crippen molar-refractivity contribution in [2.75, 3.05) is 12.4 Å². The summed E-state index contributed by atoms with van der Waals surface area (Å²) < 4.78 is 6.11. The van der Waals surface area contributed by atoms with Crippen LogP contribution in [0.1, 0.15) is 0 Å². The molecule has 0 saturated carbocycles. The highest BCUT2D eigenvalue weighted by Crippen LogP contribution is 2.12. The summed E-state index contributed by atoms with van der Waals surface area (Å²) in [5.74, 6) is 0.234. The normalized spacial score (nSPS) is 9.33. The molecule has 0 aliphatic heterocycles. The van der Waals surface area contributed by atoms with E-state index in [1.807, 2.05) is 24.3 Å². The fraction of sp³-hybridized carbons (Fsp3) is 0.0769. The minimum Gasteiger partial charge on any atom is -0.495 e. The number of halogens is 1. The molecule has 1 rings (SSSR count). The fourth-order valence-corrected chi connectivity index (χ4v) is 1.51. The lowest BCUT2D eigenvalue weighted by molar-refractivity contribution is 0.305. The first-order chi connectivity index (χ1) is 8.71. The number of ether oxygens (including phenoxy) is 1. The summed E-state index contributed by atoms with van der Waals surface area (Å²) in [5, 5.41) is 20.4. The summed E-state index contributed by atoms with van der Waals surface area (Å²) in [6.07, 6.45) is 3.16. The maximum absolute atomic E-state index is 8.71. The Morgan fingerprint density at radius 3 is 2.39 bits per heavy atom. The van der Waals surface area contributed by atoms with Crippen molar-refractivity contribution in [2.24, 2.45) is 0 Å². The molecule has 1 aromatic rings. The van der Waals surface area contributed by atoms with E-state index in [1.54, 1.807) is 24.4 Å². The first-order valence-corrected chi connectivity index (χ1v) is 6.06. The van der Waals surface area contributed by atoms with Crippen molar-refractivity contribution in [3.8, 4) is 12.1 Å². The molecular weight excluding hydrogens is 341 g/mol. The largest absolute Gasteiger partial charge is 0.495 e. The van der Waals surface area contributed by atoms with Crippen molar-refractivity contribution in [1.82, 2.24) is 0 Å². The lowest BCUT2D eigenvalue weighted by atomic mass is 10.2. The number of nitriles is 2. The topological polar surface area (TPSA) is 68.8 Å². The van der Waals surface area contributed by atoms with Crippen LogP contribution < -0.4 is 5.32 Å². The number of rotatable bonds is 4. The zero-order chi connectivity index (χ0) is 13.4. The zero-order valence-corrected chi connectivity index (χ0v) is 11.8. The zero-order valence-electron chi connectivity index (χ0n) is 9.64. The van der Waals surface area contributed by atoms with Crippen molar-refractivity contribution in [2.45, 2.75) is 0 Å². The predicted molar refractivity (Wildman–Crippen MR) is 77.2 cm³/mol. The Labute approximate surface area is 119 Å². The van der Waals surface area contributed by atoms with E-state index in [-0.39, 0.29) is 11.3 Å². The quantitative estimate of drug-likeness (QED) is 0.392. The highest BCUT2D eigenvalue weighted by atomic mass is 127. The predicted octanol–water partition coefficient (Wildman–Crippen LogP) is 3.16. The molecule has 90 valence electrons. The Bertz CT molecular complexity index is 531. The smallest absolute Gasteiger partial charge is 0.171 e. The number of hydrogen-bond acceptors (Lipinski definition) is 4. The molecule has 0 aromatic heterocycles. The number of nitrogens with zero attached hydrogens (tertiary/aromatic N) is 2. The van der Waals surface area contributed by atoms with Crippen molar-refractivity contribution in [3.05, 3.63) is 51.4 Å². The Kier molecular flexibility index (Phi) is 5.75. The highest BCUT2D eigenvalue weighted by molar-refractivity contribution is 14.1. The molecule has 0 bridgehead atoms. The van der Waals surface area contributed by atoms with Crippen LogP contribution in [-0.4, -0.2) is 7.11 Å². The number of nitrogens with one attached hydrogen (secondary N) is 1. The van der Waals surface area contributed by atoms with Crippen LogP contribution in [0.5, 0.6) is 0 Å². The molecule has 1 N–H and O–H groups in total. The van der Waals surface area contributed by atoms with Gasteiger partial charge in [0, 0.05) is 15.5 Å². The van der Waals surface area contributed by atoms with Gasteiger partial charge in [0.05, 0.1) is 7.11 Å². The van der Waals surface area contributed by atoms with Gasteiger partial charge in [-0.05, 0) is 52.9 Å². The van der Waals surface area contributed by atoms with Crippen molar-refractivity contribution in [1.29, 1.82) is 10.5 Å². The molecule has 18 heavy (non-hydrogen) atoms. The van der Waals surface area contributed by atoms with E-state index in [0.717, 1.165) is 9.26 Å². The Morgan fingerprint density at radius 2 is 1.89 bits per heavy atom. The van der Waals surface area contributed by atoms with Gasteiger partial charge in [-0.1, -0.05) is 0 Å². The molecule has 0 aliphatic rings. The molecule has 0 fully saturated rings. The second-order valence-electron chi connectivity index (χ2n) is 3.15. The van der Waals surface area contributed by atoms with Gasteiger partial charge < -0.3 is 10.1 Å². The van der Waals surface area contributed by atoms with E-state index in [9.17, 15) is 0 Å². The SMILES string of the molecule is COC(C=CNc1ccc(I)cc1)=C(C#N)C#N. The number of methoxy groups -OCH3 is 1. The van der Waals surface area contributed by atoms with E-state index in [0.29, 0.717) is 0 Å². The second kappa shape index (κ2) is 7.36. The summed E-state index contributed by atoms with van der Waals surface area (Å²) in [7, 11) is 1.42. The molecule has 0 aliphatic carbocycles. The molecule has 0 radical (unpaired) electrons. The fourth-order valence-electron chi connectivity index (χ4n) is 1.15.